The normalized spacial score (nSPS) is 16.8. The van der Waals surface area contributed by atoms with Gasteiger partial charge in [-0.05, 0) is 30.7 Å². The number of carbonyl (C=O) groups is 1. The molecule has 1 fully saturated rings. The molecule has 0 atom stereocenters. The Morgan fingerprint density at radius 3 is 2.56 bits per heavy atom. The number of carbonyl (C=O) groups excluding carboxylic acids is 1. The van der Waals surface area contributed by atoms with Gasteiger partial charge in [0, 0.05) is 4.90 Å². The van der Waals surface area contributed by atoms with Crippen LogP contribution in [0.15, 0.2) is 23.1 Å². The highest BCUT2D eigenvalue weighted by molar-refractivity contribution is 8.01. The minimum Gasteiger partial charge on any atom is -0.497 e. The quantitative estimate of drug-likeness (QED) is 0.782. The highest BCUT2D eigenvalue weighted by Gasteiger charge is 2.48. The van der Waals surface area contributed by atoms with E-state index >= 15 is 0 Å². The Morgan fingerprint density at radius 2 is 2.11 bits per heavy atom. The number of ether oxygens (including phenoxy) is 3. The first-order chi connectivity index (χ1) is 8.61. The predicted octanol–water partition coefficient (Wildman–Crippen LogP) is 2.04. The van der Waals surface area contributed by atoms with Crippen LogP contribution in [0.25, 0.3) is 0 Å². The van der Waals surface area contributed by atoms with Gasteiger partial charge in [-0.3, -0.25) is 4.79 Å². The van der Waals surface area contributed by atoms with Crippen molar-refractivity contribution in [3.05, 3.63) is 23.8 Å². The molecule has 0 saturated carbocycles. The Balaban J connectivity index is 2.20. The predicted molar refractivity (Wildman–Crippen MR) is 69.2 cm³/mol. The molecule has 0 radical (unpaired) electrons. The standard InChI is InChI=1S/C13H16O4S/c1-9-6-10(15-2)4-5-11(9)18-13(7-17-8-13)12(14)16-3/h4-6H,7-8H2,1-3H3. The van der Waals surface area contributed by atoms with Crippen LogP contribution in [-0.2, 0) is 14.3 Å². The molecule has 18 heavy (non-hydrogen) atoms. The molecular weight excluding hydrogens is 252 g/mol. The van der Waals surface area contributed by atoms with Crippen LogP contribution in [-0.4, -0.2) is 38.1 Å². The summed E-state index contributed by atoms with van der Waals surface area (Å²) in [6.07, 6.45) is 0. The first-order valence-electron chi connectivity index (χ1n) is 5.61. The van der Waals surface area contributed by atoms with Crippen LogP contribution in [0.4, 0.5) is 0 Å². The third-order valence-electron chi connectivity index (χ3n) is 2.92. The maximum Gasteiger partial charge on any atom is 0.327 e. The lowest BCUT2D eigenvalue weighted by Gasteiger charge is -2.37. The van der Waals surface area contributed by atoms with Crippen molar-refractivity contribution in [3.8, 4) is 5.75 Å². The number of methoxy groups -OCH3 is 2. The lowest BCUT2D eigenvalue weighted by atomic mass is 10.1. The van der Waals surface area contributed by atoms with Crippen molar-refractivity contribution in [1.82, 2.24) is 0 Å². The Kier molecular flexibility index (Phi) is 3.82. The zero-order valence-corrected chi connectivity index (χ0v) is 11.5. The van der Waals surface area contributed by atoms with Crippen LogP contribution in [0.5, 0.6) is 5.75 Å². The fraction of sp³-hybridized carbons (Fsp3) is 0.462. The van der Waals surface area contributed by atoms with Crippen LogP contribution in [0.3, 0.4) is 0 Å². The molecule has 4 nitrogen and oxygen atoms in total. The van der Waals surface area contributed by atoms with Crippen LogP contribution in [0, 0.1) is 6.92 Å². The molecule has 0 amide bonds. The first-order valence-corrected chi connectivity index (χ1v) is 6.43. The first kappa shape index (κ1) is 13.2. The van der Waals surface area contributed by atoms with Gasteiger partial charge in [0.15, 0.2) is 4.75 Å². The van der Waals surface area contributed by atoms with Crippen molar-refractivity contribution in [2.24, 2.45) is 0 Å². The van der Waals surface area contributed by atoms with E-state index in [1.54, 1.807) is 7.11 Å². The Morgan fingerprint density at radius 1 is 1.39 bits per heavy atom. The highest BCUT2D eigenvalue weighted by Crippen LogP contribution is 2.41. The van der Waals surface area contributed by atoms with E-state index in [9.17, 15) is 4.79 Å². The molecular formula is C13H16O4S. The van der Waals surface area contributed by atoms with E-state index in [2.05, 4.69) is 0 Å². The van der Waals surface area contributed by atoms with Crippen molar-refractivity contribution in [3.63, 3.8) is 0 Å². The summed E-state index contributed by atoms with van der Waals surface area (Å²) in [6, 6.07) is 5.80. The van der Waals surface area contributed by atoms with Gasteiger partial charge in [-0.15, -0.1) is 11.8 Å². The van der Waals surface area contributed by atoms with E-state index in [0.29, 0.717) is 13.2 Å². The molecule has 5 heteroatoms. The van der Waals surface area contributed by atoms with E-state index in [1.165, 1.54) is 18.9 Å². The van der Waals surface area contributed by atoms with Gasteiger partial charge >= 0.3 is 5.97 Å². The second-order valence-corrected chi connectivity index (χ2v) is 5.64. The summed E-state index contributed by atoms with van der Waals surface area (Å²) in [6.45, 7) is 2.79. The van der Waals surface area contributed by atoms with Crippen molar-refractivity contribution >= 4 is 17.7 Å². The van der Waals surface area contributed by atoms with Gasteiger partial charge in [0.1, 0.15) is 5.75 Å². The topological polar surface area (TPSA) is 44.8 Å². The van der Waals surface area contributed by atoms with Crippen LogP contribution in [0.2, 0.25) is 0 Å². The van der Waals surface area contributed by atoms with Gasteiger partial charge in [0.25, 0.3) is 0 Å². The SMILES string of the molecule is COC(=O)C1(Sc2ccc(OC)cc2C)COC1. The van der Waals surface area contributed by atoms with E-state index < -0.39 is 4.75 Å². The lowest BCUT2D eigenvalue weighted by Crippen LogP contribution is -2.53. The Bertz CT molecular complexity index is 454. The van der Waals surface area contributed by atoms with Crippen molar-refractivity contribution in [2.75, 3.05) is 27.4 Å². The molecule has 1 aliphatic rings. The molecule has 1 heterocycles. The van der Waals surface area contributed by atoms with E-state index in [1.807, 2.05) is 25.1 Å². The summed E-state index contributed by atoms with van der Waals surface area (Å²) in [5.74, 6) is 0.586. The summed E-state index contributed by atoms with van der Waals surface area (Å²) >= 11 is 1.50. The van der Waals surface area contributed by atoms with Gasteiger partial charge in [-0.2, -0.15) is 0 Å². The fourth-order valence-electron chi connectivity index (χ4n) is 1.77. The number of hydrogen-bond donors (Lipinski definition) is 0. The largest absolute Gasteiger partial charge is 0.497 e. The van der Waals surface area contributed by atoms with Crippen LogP contribution in [0.1, 0.15) is 5.56 Å². The summed E-state index contributed by atoms with van der Waals surface area (Å²) in [4.78, 5) is 12.9. The summed E-state index contributed by atoms with van der Waals surface area (Å²) < 4.78 is 14.6. The number of hydrogen-bond acceptors (Lipinski definition) is 5. The molecule has 0 N–H and O–H groups in total. The van der Waals surface area contributed by atoms with Crippen LogP contribution >= 0.6 is 11.8 Å². The Labute approximate surface area is 111 Å². The number of thioether (sulfide) groups is 1. The molecule has 1 aromatic rings. The molecule has 0 bridgehead atoms. The van der Waals surface area contributed by atoms with Gasteiger partial charge in [0.05, 0.1) is 27.4 Å². The average molecular weight is 268 g/mol. The molecule has 0 unspecified atom stereocenters. The summed E-state index contributed by atoms with van der Waals surface area (Å²) in [5.41, 5.74) is 1.08. The maximum atomic E-state index is 11.8. The second kappa shape index (κ2) is 5.20. The van der Waals surface area contributed by atoms with Crippen molar-refractivity contribution in [1.29, 1.82) is 0 Å². The number of benzene rings is 1. The molecule has 1 aromatic carbocycles. The summed E-state index contributed by atoms with van der Waals surface area (Å²) in [7, 11) is 3.04. The molecule has 0 aliphatic carbocycles. The lowest BCUT2D eigenvalue weighted by molar-refractivity contribution is -0.155. The number of esters is 1. The third-order valence-corrected chi connectivity index (χ3v) is 4.39. The van der Waals surface area contributed by atoms with E-state index in [-0.39, 0.29) is 5.97 Å². The summed E-state index contributed by atoms with van der Waals surface area (Å²) in [5, 5.41) is 0. The second-order valence-electron chi connectivity index (χ2n) is 4.21. The molecule has 1 aliphatic heterocycles. The molecule has 98 valence electrons. The minimum atomic E-state index is -0.589. The highest BCUT2D eigenvalue weighted by atomic mass is 32.2. The smallest absolute Gasteiger partial charge is 0.327 e. The van der Waals surface area contributed by atoms with Gasteiger partial charge in [-0.1, -0.05) is 0 Å². The van der Waals surface area contributed by atoms with Crippen molar-refractivity contribution in [2.45, 2.75) is 16.6 Å². The van der Waals surface area contributed by atoms with Gasteiger partial charge in [0.2, 0.25) is 0 Å². The monoisotopic (exact) mass is 268 g/mol. The number of aryl methyl sites for hydroxylation is 1. The fourth-order valence-corrected chi connectivity index (χ4v) is 2.99. The van der Waals surface area contributed by atoms with Crippen LogP contribution < -0.4 is 4.74 Å². The van der Waals surface area contributed by atoms with Crippen molar-refractivity contribution < 1.29 is 19.0 Å². The third kappa shape index (κ3) is 2.33. The molecule has 2 rings (SSSR count). The zero-order chi connectivity index (χ0) is 13.2. The molecule has 0 spiro atoms. The number of rotatable bonds is 4. The Hall–Kier alpha value is -1.20. The maximum absolute atomic E-state index is 11.8. The zero-order valence-electron chi connectivity index (χ0n) is 10.7. The van der Waals surface area contributed by atoms with E-state index in [0.717, 1.165) is 16.2 Å². The van der Waals surface area contributed by atoms with Gasteiger partial charge < -0.3 is 14.2 Å². The minimum absolute atomic E-state index is 0.228. The molecule has 1 saturated heterocycles. The molecule has 0 aromatic heterocycles. The van der Waals surface area contributed by atoms with Gasteiger partial charge in [-0.25, -0.2) is 0 Å². The average Bonchev–Trinajstić information content (AvgIpc) is 2.34. The van der Waals surface area contributed by atoms with E-state index in [4.69, 9.17) is 14.2 Å².